The molecule has 2 nitrogen and oxygen atoms in total. The van der Waals surface area contributed by atoms with Gasteiger partial charge in [-0.3, -0.25) is 9.97 Å². The third kappa shape index (κ3) is 16.6. The van der Waals surface area contributed by atoms with Gasteiger partial charge in [-0.25, -0.2) is 0 Å². The van der Waals surface area contributed by atoms with Gasteiger partial charge in [-0.2, -0.15) is 60.7 Å². The van der Waals surface area contributed by atoms with Gasteiger partial charge in [0.25, 0.3) is 0 Å². The fourth-order valence-electron chi connectivity index (χ4n) is 4.71. The van der Waals surface area contributed by atoms with E-state index in [4.69, 9.17) is 0 Å². The van der Waals surface area contributed by atoms with Gasteiger partial charge in [-0.1, -0.05) is 70.8 Å². The van der Waals surface area contributed by atoms with Crippen molar-refractivity contribution in [2.45, 2.75) is 27.7 Å². The topological polar surface area (TPSA) is 25.8 Å². The minimum Gasteiger partial charge on any atom is -0.290 e. The summed E-state index contributed by atoms with van der Waals surface area (Å²) in [6.45, 7) is 8.22. The molecule has 0 aliphatic carbocycles. The van der Waals surface area contributed by atoms with E-state index in [0.717, 1.165) is 38.1 Å². The monoisotopic (exact) mass is 1420 g/mol. The normalized spacial score (nSPS) is 9.26. The van der Waals surface area contributed by atoms with Crippen molar-refractivity contribution < 1.29 is 84.3 Å². The summed E-state index contributed by atoms with van der Waals surface area (Å²) in [6, 6.07) is 61.3. The fourth-order valence-corrected chi connectivity index (χ4v) is 5.95. The summed E-state index contributed by atoms with van der Waals surface area (Å²) in [5.41, 5.74) is 11.7. The summed E-state index contributed by atoms with van der Waals surface area (Å²) >= 11 is 3.34. The van der Waals surface area contributed by atoms with Gasteiger partial charge >= 0.3 is 0 Å². The van der Waals surface area contributed by atoms with Crippen LogP contribution < -0.4 is 0 Å². The number of thiazole rings is 2. The van der Waals surface area contributed by atoms with Crippen LogP contribution in [0.2, 0.25) is 0 Å². The van der Waals surface area contributed by atoms with E-state index in [1.54, 1.807) is 22.7 Å². The molecule has 8 heteroatoms. The first-order valence-electron chi connectivity index (χ1n) is 16.3. The van der Waals surface area contributed by atoms with Gasteiger partial charge in [-0.15, -0.1) is 106 Å². The van der Waals surface area contributed by atoms with Crippen molar-refractivity contribution in [1.29, 1.82) is 0 Å². The van der Waals surface area contributed by atoms with E-state index in [-0.39, 0.29) is 84.3 Å². The van der Waals surface area contributed by atoms with Crippen molar-refractivity contribution >= 4 is 22.7 Å². The van der Waals surface area contributed by atoms with Crippen LogP contribution in [-0.2, 0) is 84.3 Å². The van der Waals surface area contributed by atoms with E-state index in [0.29, 0.717) is 0 Å². The second-order valence-electron chi connectivity index (χ2n) is 11.4. The molecule has 0 saturated heterocycles. The largest absolute Gasteiger partial charge is 0.290 e. The van der Waals surface area contributed by atoms with Crippen LogP contribution in [0.25, 0.3) is 44.8 Å². The molecule has 0 aliphatic rings. The van der Waals surface area contributed by atoms with Crippen LogP contribution in [0.3, 0.4) is 0 Å². The average molecular weight is 1420 g/mol. The summed E-state index contributed by atoms with van der Waals surface area (Å²) in [7, 11) is 0. The summed E-state index contributed by atoms with van der Waals surface area (Å²) in [4.78, 5) is 8.75. The van der Waals surface area contributed by atoms with Crippen molar-refractivity contribution in [3.8, 4) is 44.8 Å². The van der Waals surface area contributed by atoms with Crippen molar-refractivity contribution in [3.05, 3.63) is 202 Å². The molecule has 0 aliphatic heterocycles. The van der Waals surface area contributed by atoms with Crippen LogP contribution in [0.4, 0.5) is 0 Å². The minimum absolute atomic E-state index is 0. The fraction of sp³-hybridized carbons (Fsp3) is 0.0870. The first kappa shape index (κ1) is 49.4. The maximum atomic E-state index is 4.38. The Hall–Kier alpha value is -2.67. The number of hydrogen-bond donors (Lipinski definition) is 0. The average Bonchev–Trinajstić information content (AvgIpc) is 3.82. The summed E-state index contributed by atoms with van der Waals surface area (Å²) in [5.74, 6) is 0. The van der Waals surface area contributed by atoms with E-state index in [1.807, 2.05) is 98.8 Å². The second kappa shape index (κ2) is 27.0. The van der Waals surface area contributed by atoms with Crippen LogP contribution in [0, 0.1) is 52.0 Å². The van der Waals surface area contributed by atoms with Crippen LogP contribution in [0.5, 0.6) is 0 Å². The standard InChI is InChI=1S/2C13H11.2C10H8NS.4W/c2*1-11-7-9-13(10-8-11)12-5-3-2-4-6-12;2*1-8-11-10(7-12-8)9-5-3-2-4-6-9;;;;/h2-3,5-10H,1H3;2-5,7-10H,1H3;2-3,5-7H,1H3;2-5,7H,1H3;;;;/q4*-1;;;;. The zero-order valence-corrected chi connectivity index (χ0v) is 43.7. The summed E-state index contributed by atoms with van der Waals surface area (Å²) in [5, 5.41) is 6.33. The molecule has 0 amide bonds. The van der Waals surface area contributed by atoms with Crippen molar-refractivity contribution in [1.82, 2.24) is 9.97 Å². The smallest absolute Gasteiger partial charge is 0.0888 e. The van der Waals surface area contributed by atoms with E-state index < -0.39 is 0 Å². The molecule has 54 heavy (non-hydrogen) atoms. The molecule has 8 rings (SSSR count). The molecule has 6 aromatic carbocycles. The maximum absolute atomic E-state index is 4.38. The molecule has 0 fully saturated rings. The Labute approximate surface area is 387 Å². The number of nitrogens with zero attached hydrogens (tertiary/aromatic N) is 2. The van der Waals surface area contributed by atoms with Crippen molar-refractivity contribution in [3.63, 3.8) is 0 Å². The van der Waals surface area contributed by atoms with E-state index in [1.165, 1.54) is 27.8 Å². The van der Waals surface area contributed by atoms with E-state index >= 15 is 0 Å². The Morgan fingerprint density at radius 3 is 1.30 bits per heavy atom. The molecule has 0 bridgehead atoms. The number of rotatable bonds is 4. The molecule has 0 saturated carbocycles. The number of benzene rings is 6. The number of hydrogen-bond acceptors (Lipinski definition) is 4. The molecule has 0 radical (unpaired) electrons. The molecule has 2 heterocycles. The molecule has 8 aromatic rings. The van der Waals surface area contributed by atoms with Crippen molar-refractivity contribution in [2.24, 2.45) is 0 Å². The molecule has 2 aromatic heterocycles. The Bertz CT molecular complexity index is 1960. The van der Waals surface area contributed by atoms with Gasteiger partial charge < -0.3 is 0 Å². The van der Waals surface area contributed by atoms with E-state index in [2.05, 4.69) is 120 Å². The van der Waals surface area contributed by atoms with Gasteiger partial charge in [0.15, 0.2) is 0 Å². The van der Waals surface area contributed by atoms with Crippen molar-refractivity contribution in [2.75, 3.05) is 0 Å². The first-order chi connectivity index (χ1) is 24.4. The van der Waals surface area contributed by atoms with E-state index in [9.17, 15) is 0 Å². The van der Waals surface area contributed by atoms with Crippen LogP contribution in [-0.4, -0.2) is 9.97 Å². The Morgan fingerprint density at radius 2 is 0.870 bits per heavy atom. The maximum Gasteiger partial charge on any atom is 0.0888 e. The third-order valence-corrected chi connectivity index (χ3v) is 8.94. The summed E-state index contributed by atoms with van der Waals surface area (Å²) in [6.07, 6.45) is 0. The second-order valence-corrected chi connectivity index (χ2v) is 13.5. The zero-order valence-electron chi connectivity index (χ0n) is 30.4. The van der Waals surface area contributed by atoms with Crippen LogP contribution in [0.1, 0.15) is 21.1 Å². The quantitative estimate of drug-likeness (QED) is 0.164. The Morgan fingerprint density at radius 1 is 0.407 bits per heavy atom. The Balaban J connectivity index is 0.000000352. The van der Waals surface area contributed by atoms with Crippen LogP contribution >= 0.6 is 22.7 Å². The Kier molecular flexibility index (Phi) is 24.7. The molecular weight excluding hydrogens is 1380 g/mol. The van der Waals surface area contributed by atoms with Gasteiger partial charge in [0.1, 0.15) is 0 Å². The van der Waals surface area contributed by atoms with Gasteiger partial charge in [0.2, 0.25) is 0 Å². The first-order valence-corrected chi connectivity index (χ1v) is 18.1. The predicted molar refractivity (Wildman–Crippen MR) is 213 cm³/mol. The predicted octanol–water partition coefficient (Wildman–Crippen LogP) is 12.8. The third-order valence-electron chi connectivity index (χ3n) is 7.39. The molecule has 0 spiro atoms. The zero-order chi connectivity index (χ0) is 35.0. The molecule has 0 unspecified atom stereocenters. The SMILES string of the molecule is Cc1ccc(-c2[c-]cccc2)cc1.Cc1ccc(-c2c[c-]ccc2)cc1.Cc1nc(-c2[c-]cccc2)cs1.Cc1nc(-c2c[c-]ccc2)cs1.[W].[W].[W].[W]. The minimum atomic E-state index is 0. The molecular formula is C46H38N2S2W4-4. The van der Waals surface area contributed by atoms with Gasteiger partial charge in [-0.05, 0) is 38.8 Å². The molecule has 272 valence electrons. The van der Waals surface area contributed by atoms with Gasteiger partial charge in [0.05, 0.1) is 10.0 Å². The number of aryl methyl sites for hydroxylation is 4. The molecule has 0 N–H and O–H groups in total. The number of aromatic nitrogens is 2. The summed E-state index contributed by atoms with van der Waals surface area (Å²) < 4.78 is 0. The van der Waals surface area contributed by atoms with Gasteiger partial charge in [0, 0.05) is 95.3 Å². The molecule has 0 atom stereocenters. The van der Waals surface area contributed by atoms with Crippen LogP contribution in [0.15, 0.2) is 156 Å².